The molecular formula is C9H7IN2O4S. The lowest BCUT2D eigenvalue weighted by Gasteiger charge is -2.08. The van der Waals surface area contributed by atoms with E-state index in [1.807, 2.05) is 22.6 Å². The highest BCUT2D eigenvalue weighted by molar-refractivity contribution is 14.1. The van der Waals surface area contributed by atoms with Gasteiger partial charge in [-0.1, -0.05) is 0 Å². The summed E-state index contributed by atoms with van der Waals surface area (Å²) in [5.41, 5.74) is -0.202. The van der Waals surface area contributed by atoms with E-state index < -0.39 is 21.7 Å². The van der Waals surface area contributed by atoms with Crippen LogP contribution in [-0.2, 0) is 10.0 Å². The van der Waals surface area contributed by atoms with Gasteiger partial charge in [0.05, 0.1) is 17.3 Å². The zero-order valence-electron chi connectivity index (χ0n) is 8.34. The third-order valence-electron chi connectivity index (χ3n) is 1.73. The van der Waals surface area contributed by atoms with E-state index in [1.165, 1.54) is 18.2 Å². The van der Waals surface area contributed by atoms with Crippen LogP contribution < -0.4 is 4.72 Å². The van der Waals surface area contributed by atoms with Crippen molar-refractivity contribution in [2.24, 2.45) is 0 Å². The fourth-order valence-corrected chi connectivity index (χ4v) is 2.32. The van der Waals surface area contributed by atoms with Gasteiger partial charge in [-0.3, -0.25) is 4.72 Å². The summed E-state index contributed by atoms with van der Waals surface area (Å²) in [5.74, 6) is -1.96. The summed E-state index contributed by atoms with van der Waals surface area (Å²) in [7, 11) is -3.83. The highest BCUT2D eigenvalue weighted by atomic mass is 127. The Morgan fingerprint density at radius 1 is 1.53 bits per heavy atom. The Kier molecular flexibility index (Phi) is 4.30. The number of hydrogen-bond donors (Lipinski definition) is 2. The molecule has 90 valence electrons. The van der Waals surface area contributed by atoms with E-state index in [4.69, 9.17) is 10.4 Å². The second kappa shape index (κ2) is 5.33. The number of carboxylic acid groups (broad SMARTS) is 1. The number of sulfonamides is 1. The molecule has 0 fully saturated rings. The van der Waals surface area contributed by atoms with Gasteiger partial charge in [0.2, 0.25) is 10.0 Å². The number of benzene rings is 1. The maximum absolute atomic E-state index is 11.3. The molecule has 2 N–H and O–H groups in total. The molecular weight excluding hydrogens is 359 g/mol. The van der Waals surface area contributed by atoms with Crippen LogP contribution in [0, 0.1) is 14.9 Å². The summed E-state index contributed by atoms with van der Waals surface area (Å²) >= 11 is 1.92. The number of nitrogens with one attached hydrogen (secondary N) is 1. The van der Waals surface area contributed by atoms with Crippen molar-refractivity contribution in [3.05, 3.63) is 27.3 Å². The average molecular weight is 366 g/mol. The van der Waals surface area contributed by atoms with Crippen molar-refractivity contribution in [3.63, 3.8) is 0 Å². The van der Waals surface area contributed by atoms with Gasteiger partial charge >= 0.3 is 5.97 Å². The molecule has 0 aliphatic rings. The summed E-state index contributed by atoms with van der Waals surface area (Å²) < 4.78 is 25.4. The molecule has 0 saturated carbocycles. The minimum Gasteiger partial charge on any atom is -0.478 e. The van der Waals surface area contributed by atoms with Crippen molar-refractivity contribution >= 4 is 44.3 Å². The number of carboxylic acids is 1. The summed E-state index contributed by atoms with van der Waals surface area (Å²) in [6.07, 6.45) is 0. The first-order chi connectivity index (χ1) is 7.85. The number of hydrogen-bond acceptors (Lipinski definition) is 4. The summed E-state index contributed by atoms with van der Waals surface area (Å²) in [6, 6.07) is 5.74. The standard InChI is InChI=1S/C9H7IN2O4S/c10-6-1-2-8(7(5-6)9(13)14)12-17(15,16)4-3-11/h1-2,5,12H,4H2,(H,13,14). The second-order valence-electron chi connectivity index (χ2n) is 3.01. The Bertz CT molecular complexity index is 592. The molecule has 0 heterocycles. The molecule has 0 unspecified atom stereocenters. The fourth-order valence-electron chi connectivity index (χ4n) is 1.07. The number of anilines is 1. The smallest absolute Gasteiger partial charge is 0.337 e. The van der Waals surface area contributed by atoms with Gasteiger partial charge in [0.1, 0.15) is 0 Å². The summed E-state index contributed by atoms with van der Waals surface area (Å²) in [5, 5.41) is 17.2. The largest absolute Gasteiger partial charge is 0.478 e. The van der Waals surface area contributed by atoms with E-state index in [9.17, 15) is 13.2 Å². The predicted octanol–water partition coefficient (Wildman–Crippen LogP) is 1.25. The molecule has 0 spiro atoms. The van der Waals surface area contributed by atoms with Crippen LogP contribution in [0.2, 0.25) is 0 Å². The number of halogens is 1. The van der Waals surface area contributed by atoms with Crippen molar-refractivity contribution < 1.29 is 18.3 Å². The van der Waals surface area contributed by atoms with Gasteiger partial charge in [-0.2, -0.15) is 5.26 Å². The second-order valence-corrected chi connectivity index (χ2v) is 5.98. The lowest BCUT2D eigenvalue weighted by Crippen LogP contribution is -2.17. The van der Waals surface area contributed by atoms with Crippen molar-refractivity contribution in [1.29, 1.82) is 5.26 Å². The van der Waals surface area contributed by atoms with E-state index in [2.05, 4.69) is 4.72 Å². The normalized spacial score (nSPS) is 10.6. The SMILES string of the molecule is N#CCS(=O)(=O)Nc1ccc(I)cc1C(=O)O. The van der Waals surface area contributed by atoms with Gasteiger partial charge in [-0.25, -0.2) is 13.2 Å². The predicted molar refractivity (Wildman–Crippen MR) is 69.1 cm³/mol. The van der Waals surface area contributed by atoms with Crippen LogP contribution in [0.4, 0.5) is 5.69 Å². The molecule has 0 radical (unpaired) electrons. The monoisotopic (exact) mass is 366 g/mol. The summed E-state index contributed by atoms with van der Waals surface area (Å²) in [4.78, 5) is 10.9. The van der Waals surface area contributed by atoms with Gasteiger partial charge < -0.3 is 5.11 Å². The van der Waals surface area contributed by atoms with Gasteiger partial charge in [-0.05, 0) is 40.8 Å². The van der Waals surface area contributed by atoms with Crippen LogP contribution in [0.15, 0.2) is 18.2 Å². The van der Waals surface area contributed by atoms with Crippen LogP contribution in [0.3, 0.4) is 0 Å². The molecule has 1 rings (SSSR count). The first kappa shape index (κ1) is 13.7. The van der Waals surface area contributed by atoms with Crippen molar-refractivity contribution in [2.75, 3.05) is 10.5 Å². The molecule has 0 bridgehead atoms. The zero-order valence-corrected chi connectivity index (χ0v) is 11.3. The fraction of sp³-hybridized carbons (Fsp3) is 0.111. The van der Waals surface area contributed by atoms with E-state index in [0.29, 0.717) is 3.57 Å². The van der Waals surface area contributed by atoms with Crippen molar-refractivity contribution in [3.8, 4) is 6.07 Å². The number of nitriles is 1. The molecule has 8 heteroatoms. The van der Waals surface area contributed by atoms with Crippen LogP contribution in [0.5, 0.6) is 0 Å². The van der Waals surface area contributed by atoms with E-state index in [-0.39, 0.29) is 11.3 Å². The Morgan fingerprint density at radius 2 is 2.18 bits per heavy atom. The lowest BCUT2D eigenvalue weighted by atomic mass is 10.2. The van der Waals surface area contributed by atoms with Crippen LogP contribution in [0.25, 0.3) is 0 Å². The maximum atomic E-state index is 11.3. The molecule has 0 aliphatic carbocycles. The Morgan fingerprint density at radius 3 is 2.71 bits per heavy atom. The Labute approximate surface area is 111 Å². The summed E-state index contributed by atoms with van der Waals surface area (Å²) in [6.45, 7) is 0. The topological polar surface area (TPSA) is 107 Å². The number of carbonyl (C=O) groups is 1. The Hall–Kier alpha value is -1.34. The Balaban J connectivity index is 3.16. The van der Waals surface area contributed by atoms with E-state index in [1.54, 1.807) is 6.07 Å². The van der Waals surface area contributed by atoms with Gasteiger partial charge in [0, 0.05) is 3.57 Å². The third-order valence-corrected chi connectivity index (χ3v) is 3.44. The molecule has 0 aliphatic heterocycles. The van der Waals surface area contributed by atoms with E-state index in [0.717, 1.165) is 0 Å². The number of nitrogens with zero attached hydrogens (tertiary/aromatic N) is 1. The average Bonchev–Trinajstić information content (AvgIpc) is 2.20. The first-order valence-corrected chi connectivity index (χ1v) is 6.99. The lowest BCUT2D eigenvalue weighted by molar-refractivity contribution is 0.0698. The number of rotatable bonds is 4. The molecule has 0 aromatic heterocycles. The molecule has 1 aromatic carbocycles. The van der Waals surface area contributed by atoms with Crippen LogP contribution in [0.1, 0.15) is 10.4 Å². The minimum absolute atomic E-state index is 0.0480. The molecule has 0 atom stereocenters. The molecule has 17 heavy (non-hydrogen) atoms. The highest BCUT2D eigenvalue weighted by Gasteiger charge is 2.16. The highest BCUT2D eigenvalue weighted by Crippen LogP contribution is 2.20. The van der Waals surface area contributed by atoms with Gasteiger partial charge in [0.25, 0.3) is 0 Å². The third kappa shape index (κ3) is 3.86. The first-order valence-electron chi connectivity index (χ1n) is 4.26. The molecule has 0 amide bonds. The minimum atomic E-state index is -3.83. The number of aromatic carboxylic acids is 1. The van der Waals surface area contributed by atoms with Gasteiger partial charge in [-0.15, -0.1) is 0 Å². The quantitative estimate of drug-likeness (QED) is 0.780. The maximum Gasteiger partial charge on any atom is 0.337 e. The molecule has 1 aromatic rings. The van der Waals surface area contributed by atoms with Crippen LogP contribution in [-0.4, -0.2) is 25.2 Å². The zero-order chi connectivity index (χ0) is 13.1. The molecule has 6 nitrogen and oxygen atoms in total. The van der Waals surface area contributed by atoms with Crippen molar-refractivity contribution in [2.45, 2.75) is 0 Å². The molecule has 0 saturated heterocycles. The van der Waals surface area contributed by atoms with Gasteiger partial charge in [0.15, 0.2) is 5.75 Å². The van der Waals surface area contributed by atoms with E-state index >= 15 is 0 Å². The van der Waals surface area contributed by atoms with Crippen LogP contribution >= 0.6 is 22.6 Å². The van der Waals surface area contributed by atoms with Crippen molar-refractivity contribution in [1.82, 2.24) is 0 Å².